The minimum atomic E-state index is -1.66. The molecule has 2 rings (SSSR count). The van der Waals surface area contributed by atoms with Gasteiger partial charge in [0.2, 0.25) is 0 Å². The van der Waals surface area contributed by atoms with E-state index in [1.807, 2.05) is 0 Å². The molecule has 26 heavy (non-hydrogen) atoms. The predicted molar refractivity (Wildman–Crippen MR) is 92.5 cm³/mol. The first-order valence-electron chi connectivity index (χ1n) is 8.12. The summed E-state index contributed by atoms with van der Waals surface area (Å²) >= 11 is 0. The summed E-state index contributed by atoms with van der Waals surface area (Å²) in [6.07, 6.45) is 0.853. The second-order valence-corrected chi connectivity index (χ2v) is 6.19. The second-order valence-electron chi connectivity index (χ2n) is 6.19. The Morgan fingerprint density at radius 2 is 1.46 bits per heavy atom. The maximum absolute atomic E-state index is 13.6. The van der Waals surface area contributed by atoms with Crippen molar-refractivity contribution in [2.24, 2.45) is 5.92 Å². The van der Waals surface area contributed by atoms with Gasteiger partial charge in [0, 0.05) is 17.7 Å². The van der Waals surface area contributed by atoms with Crippen LogP contribution in [0, 0.1) is 23.4 Å². The molecule has 4 nitrogen and oxygen atoms in total. The number of rotatable bonds is 6. The van der Waals surface area contributed by atoms with Gasteiger partial charge >= 0.3 is 0 Å². The lowest BCUT2D eigenvalue weighted by molar-refractivity contribution is 0.0950. The Labute approximate surface area is 149 Å². The number of anilines is 1. The highest BCUT2D eigenvalue weighted by Gasteiger charge is 2.16. The fourth-order valence-corrected chi connectivity index (χ4v) is 2.17. The Kier molecular flexibility index (Phi) is 6.38. The van der Waals surface area contributed by atoms with Gasteiger partial charge in [-0.1, -0.05) is 13.8 Å². The maximum Gasteiger partial charge on any atom is 0.255 e. The molecule has 2 amide bonds. The van der Waals surface area contributed by atoms with Crippen molar-refractivity contribution in [2.75, 3.05) is 11.9 Å². The number of benzene rings is 2. The van der Waals surface area contributed by atoms with Crippen LogP contribution in [-0.4, -0.2) is 18.4 Å². The summed E-state index contributed by atoms with van der Waals surface area (Å²) in [4.78, 5) is 24.1. The van der Waals surface area contributed by atoms with Crippen LogP contribution in [0.3, 0.4) is 0 Å². The van der Waals surface area contributed by atoms with Gasteiger partial charge in [-0.2, -0.15) is 0 Å². The zero-order chi connectivity index (χ0) is 19.3. The number of carbonyl (C=O) groups excluding carboxylic acids is 2. The molecule has 0 aromatic heterocycles. The van der Waals surface area contributed by atoms with Crippen LogP contribution in [0.2, 0.25) is 0 Å². The molecule has 0 aliphatic heterocycles. The molecule has 0 unspecified atom stereocenters. The van der Waals surface area contributed by atoms with E-state index in [0.29, 0.717) is 18.0 Å². The standard InChI is InChI=1S/C19H19F3N2O2/c1-11(2)9-10-23-18(25)12-3-5-13(6-4-12)19(26)24-15-8-7-14(20)16(21)17(15)22/h3-8,11H,9-10H2,1-2H3,(H,23,25)(H,24,26). The molecule has 138 valence electrons. The van der Waals surface area contributed by atoms with E-state index >= 15 is 0 Å². The molecule has 0 saturated heterocycles. The summed E-state index contributed by atoms with van der Waals surface area (Å²) in [5.74, 6) is -4.96. The predicted octanol–water partition coefficient (Wildman–Crippen LogP) is 4.13. The second kappa shape index (κ2) is 8.51. The zero-order valence-electron chi connectivity index (χ0n) is 14.4. The van der Waals surface area contributed by atoms with Crippen LogP contribution in [0.1, 0.15) is 41.0 Å². The molecular formula is C19H19F3N2O2. The lowest BCUT2D eigenvalue weighted by Crippen LogP contribution is -2.25. The topological polar surface area (TPSA) is 58.2 Å². The van der Waals surface area contributed by atoms with Crippen LogP contribution in [-0.2, 0) is 0 Å². The van der Waals surface area contributed by atoms with Crippen molar-refractivity contribution in [2.45, 2.75) is 20.3 Å². The van der Waals surface area contributed by atoms with E-state index in [0.717, 1.165) is 18.6 Å². The first-order chi connectivity index (χ1) is 12.3. The number of halogens is 3. The molecule has 0 bridgehead atoms. The van der Waals surface area contributed by atoms with Gasteiger partial charge in [-0.15, -0.1) is 0 Å². The van der Waals surface area contributed by atoms with Crippen molar-refractivity contribution < 1.29 is 22.8 Å². The van der Waals surface area contributed by atoms with E-state index in [1.165, 1.54) is 24.3 Å². The fourth-order valence-electron chi connectivity index (χ4n) is 2.17. The van der Waals surface area contributed by atoms with E-state index in [9.17, 15) is 22.8 Å². The highest BCUT2D eigenvalue weighted by atomic mass is 19.2. The van der Waals surface area contributed by atoms with Crippen molar-refractivity contribution in [1.29, 1.82) is 0 Å². The van der Waals surface area contributed by atoms with Crippen molar-refractivity contribution >= 4 is 17.5 Å². The third kappa shape index (κ3) is 4.84. The summed E-state index contributed by atoms with van der Waals surface area (Å²) in [6, 6.07) is 7.36. The normalized spacial score (nSPS) is 10.7. The summed E-state index contributed by atoms with van der Waals surface area (Å²) in [7, 11) is 0. The zero-order valence-corrected chi connectivity index (χ0v) is 14.4. The number of hydrogen-bond donors (Lipinski definition) is 2. The summed E-state index contributed by atoms with van der Waals surface area (Å²) < 4.78 is 39.7. The number of nitrogens with one attached hydrogen (secondary N) is 2. The average molecular weight is 364 g/mol. The molecule has 0 radical (unpaired) electrons. The molecule has 0 aliphatic rings. The van der Waals surface area contributed by atoms with E-state index < -0.39 is 29.0 Å². The molecule has 0 fully saturated rings. The van der Waals surface area contributed by atoms with Crippen LogP contribution in [0.25, 0.3) is 0 Å². The van der Waals surface area contributed by atoms with Gasteiger partial charge in [0.05, 0.1) is 5.69 Å². The first kappa shape index (κ1) is 19.5. The number of amides is 2. The minimum Gasteiger partial charge on any atom is -0.352 e. The molecule has 0 atom stereocenters. The number of carbonyl (C=O) groups is 2. The lowest BCUT2D eigenvalue weighted by Gasteiger charge is -2.09. The third-order valence-corrected chi connectivity index (χ3v) is 3.70. The summed E-state index contributed by atoms with van der Waals surface area (Å²) in [5, 5.41) is 4.94. The first-order valence-corrected chi connectivity index (χ1v) is 8.12. The lowest BCUT2D eigenvalue weighted by atomic mass is 10.1. The molecule has 2 N–H and O–H groups in total. The van der Waals surface area contributed by atoms with Gasteiger partial charge in [-0.05, 0) is 48.7 Å². The quantitative estimate of drug-likeness (QED) is 0.757. The van der Waals surface area contributed by atoms with Crippen LogP contribution in [0.15, 0.2) is 36.4 Å². The van der Waals surface area contributed by atoms with Crippen molar-refractivity contribution in [3.63, 3.8) is 0 Å². The molecule has 0 spiro atoms. The molecule has 0 aliphatic carbocycles. The highest BCUT2D eigenvalue weighted by Crippen LogP contribution is 2.20. The molecular weight excluding hydrogens is 345 g/mol. The van der Waals surface area contributed by atoms with Gasteiger partial charge in [0.1, 0.15) is 0 Å². The summed E-state index contributed by atoms with van der Waals surface area (Å²) in [5.41, 5.74) is 0.0570. The van der Waals surface area contributed by atoms with Crippen LogP contribution in [0.4, 0.5) is 18.9 Å². The van der Waals surface area contributed by atoms with Gasteiger partial charge in [0.25, 0.3) is 11.8 Å². The average Bonchev–Trinajstić information content (AvgIpc) is 2.62. The fraction of sp³-hybridized carbons (Fsp3) is 0.263. The van der Waals surface area contributed by atoms with Gasteiger partial charge in [-0.25, -0.2) is 13.2 Å². The van der Waals surface area contributed by atoms with Gasteiger partial charge in [-0.3, -0.25) is 9.59 Å². The Hall–Kier alpha value is -2.83. The van der Waals surface area contributed by atoms with Crippen molar-refractivity contribution in [1.82, 2.24) is 5.32 Å². The smallest absolute Gasteiger partial charge is 0.255 e. The van der Waals surface area contributed by atoms with E-state index in [1.54, 1.807) is 0 Å². The van der Waals surface area contributed by atoms with Gasteiger partial charge in [0.15, 0.2) is 17.5 Å². The molecule has 2 aromatic carbocycles. The van der Waals surface area contributed by atoms with Crippen molar-refractivity contribution in [3.05, 3.63) is 65.0 Å². The van der Waals surface area contributed by atoms with Crippen LogP contribution >= 0.6 is 0 Å². The Balaban J connectivity index is 2.03. The van der Waals surface area contributed by atoms with Crippen molar-refractivity contribution in [3.8, 4) is 0 Å². The van der Waals surface area contributed by atoms with Crippen LogP contribution in [0.5, 0.6) is 0 Å². The van der Waals surface area contributed by atoms with E-state index in [4.69, 9.17) is 0 Å². The minimum absolute atomic E-state index is 0.146. The van der Waals surface area contributed by atoms with E-state index in [2.05, 4.69) is 24.5 Å². The molecule has 0 heterocycles. The Morgan fingerprint density at radius 3 is 2.04 bits per heavy atom. The van der Waals surface area contributed by atoms with Gasteiger partial charge < -0.3 is 10.6 Å². The van der Waals surface area contributed by atoms with E-state index in [-0.39, 0.29) is 11.5 Å². The molecule has 0 saturated carbocycles. The highest BCUT2D eigenvalue weighted by molar-refractivity contribution is 6.05. The Morgan fingerprint density at radius 1 is 0.885 bits per heavy atom. The summed E-state index contributed by atoms with van der Waals surface area (Å²) in [6.45, 7) is 4.65. The third-order valence-electron chi connectivity index (χ3n) is 3.70. The monoisotopic (exact) mass is 364 g/mol. The SMILES string of the molecule is CC(C)CCNC(=O)c1ccc(C(=O)Nc2ccc(F)c(F)c2F)cc1. The maximum atomic E-state index is 13.6. The Bertz CT molecular complexity index is 805. The van der Waals surface area contributed by atoms with Crippen LogP contribution < -0.4 is 10.6 Å². The largest absolute Gasteiger partial charge is 0.352 e. The molecule has 7 heteroatoms. The molecule has 2 aromatic rings. The number of hydrogen-bond acceptors (Lipinski definition) is 2.